The molecule has 162 valence electrons. The topological polar surface area (TPSA) is 60.2 Å². The van der Waals surface area contributed by atoms with Crippen molar-refractivity contribution < 1.29 is 13.9 Å². The van der Waals surface area contributed by atoms with Crippen molar-refractivity contribution in [2.75, 3.05) is 24.7 Å². The van der Waals surface area contributed by atoms with E-state index in [9.17, 15) is 9.18 Å². The lowest BCUT2D eigenvalue weighted by molar-refractivity contribution is 0.0432. The number of hydrogen-bond donors (Lipinski definition) is 0. The first-order valence-corrected chi connectivity index (χ1v) is 12.5. The van der Waals surface area contributed by atoms with Gasteiger partial charge in [-0.15, -0.1) is 16.4 Å². The molecule has 5 rings (SSSR count). The largest absolute Gasteiger partial charge is 0.376 e. The summed E-state index contributed by atoms with van der Waals surface area (Å²) in [6.07, 6.45) is 3.03. The average Bonchev–Trinajstić information content (AvgIpc) is 3.57. The van der Waals surface area contributed by atoms with Crippen LogP contribution in [0, 0.1) is 5.82 Å². The number of carbonyl (C=O) groups is 1. The minimum Gasteiger partial charge on any atom is -0.376 e. The van der Waals surface area contributed by atoms with Gasteiger partial charge in [-0.3, -0.25) is 4.79 Å². The van der Waals surface area contributed by atoms with Gasteiger partial charge in [-0.05, 0) is 54.7 Å². The van der Waals surface area contributed by atoms with Crippen LogP contribution in [-0.2, 0) is 4.74 Å². The van der Waals surface area contributed by atoms with E-state index in [0.29, 0.717) is 18.1 Å². The molecule has 2 fully saturated rings. The molecule has 4 heterocycles. The lowest BCUT2D eigenvalue weighted by Crippen LogP contribution is -2.45. The molecule has 0 aliphatic carbocycles. The van der Waals surface area contributed by atoms with Gasteiger partial charge >= 0.3 is 0 Å². The van der Waals surface area contributed by atoms with Gasteiger partial charge in [0.15, 0.2) is 5.82 Å². The summed E-state index contributed by atoms with van der Waals surface area (Å²) in [5.41, 5.74) is 0.539. The lowest BCUT2D eigenvalue weighted by atomic mass is 10.1. The number of halogens is 1. The van der Waals surface area contributed by atoms with Crippen LogP contribution < -0.4 is 0 Å². The van der Waals surface area contributed by atoms with Gasteiger partial charge in [-0.1, -0.05) is 12.1 Å². The number of thioether (sulfide) groups is 1. The Morgan fingerprint density at radius 1 is 1.29 bits per heavy atom. The number of aromatic nitrogens is 3. The smallest absolute Gasteiger partial charge is 0.293 e. The molecule has 0 radical (unpaired) electrons. The maximum Gasteiger partial charge on any atom is 0.293 e. The van der Waals surface area contributed by atoms with E-state index in [1.165, 1.54) is 23.5 Å². The molecule has 0 saturated carbocycles. The Morgan fingerprint density at radius 2 is 2.23 bits per heavy atom. The molecule has 2 saturated heterocycles. The van der Waals surface area contributed by atoms with E-state index in [2.05, 4.69) is 10.1 Å². The summed E-state index contributed by atoms with van der Waals surface area (Å²) in [6, 6.07) is 10.2. The van der Waals surface area contributed by atoms with E-state index < -0.39 is 0 Å². The van der Waals surface area contributed by atoms with Crippen LogP contribution in [0.4, 0.5) is 4.39 Å². The summed E-state index contributed by atoms with van der Waals surface area (Å²) in [4.78, 5) is 21.0. The second kappa shape index (κ2) is 9.10. The fourth-order valence-corrected chi connectivity index (χ4v) is 5.98. The summed E-state index contributed by atoms with van der Waals surface area (Å²) in [6.45, 7) is 1.31. The van der Waals surface area contributed by atoms with Gasteiger partial charge in [0.1, 0.15) is 5.82 Å². The zero-order valence-electron chi connectivity index (χ0n) is 16.9. The molecule has 2 atom stereocenters. The maximum absolute atomic E-state index is 13.9. The predicted octanol–water partition coefficient (Wildman–Crippen LogP) is 4.26. The van der Waals surface area contributed by atoms with Gasteiger partial charge in [-0.2, -0.15) is 11.8 Å². The highest BCUT2D eigenvalue weighted by Gasteiger charge is 2.33. The molecule has 1 amide bonds. The SMILES string of the molecule is O=C(c1nc(-c2cccs2)n(-c2cccc(F)c2)n1)N(CC1CCCO1)C1CCSC1. The zero-order chi connectivity index (χ0) is 21.2. The zero-order valence-corrected chi connectivity index (χ0v) is 18.6. The third kappa shape index (κ3) is 4.40. The van der Waals surface area contributed by atoms with E-state index in [4.69, 9.17) is 4.74 Å². The number of hydrogen-bond acceptors (Lipinski definition) is 6. The molecule has 2 aliphatic heterocycles. The molecular weight excluding hydrogens is 435 g/mol. The normalized spacial score (nSPS) is 20.9. The van der Waals surface area contributed by atoms with Gasteiger partial charge in [-0.25, -0.2) is 14.1 Å². The predicted molar refractivity (Wildman–Crippen MR) is 120 cm³/mol. The van der Waals surface area contributed by atoms with Gasteiger partial charge in [0.2, 0.25) is 5.82 Å². The first-order valence-electron chi connectivity index (χ1n) is 10.5. The number of benzene rings is 1. The first-order chi connectivity index (χ1) is 15.2. The minimum atomic E-state index is -0.360. The molecule has 31 heavy (non-hydrogen) atoms. The van der Waals surface area contributed by atoms with Crippen molar-refractivity contribution in [1.82, 2.24) is 19.7 Å². The van der Waals surface area contributed by atoms with Crippen LogP contribution in [0.15, 0.2) is 41.8 Å². The molecule has 2 aromatic heterocycles. The third-order valence-electron chi connectivity index (χ3n) is 5.62. The van der Waals surface area contributed by atoms with Crippen LogP contribution in [0.3, 0.4) is 0 Å². The quantitative estimate of drug-likeness (QED) is 0.552. The Labute approximate surface area is 188 Å². The van der Waals surface area contributed by atoms with Crippen molar-refractivity contribution in [2.24, 2.45) is 0 Å². The molecule has 0 spiro atoms. The molecule has 3 aromatic rings. The number of amides is 1. The average molecular weight is 459 g/mol. The van der Waals surface area contributed by atoms with Gasteiger partial charge in [0, 0.05) is 24.9 Å². The maximum atomic E-state index is 13.9. The highest BCUT2D eigenvalue weighted by atomic mass is 32.2. The second-order valence-electron chi connectivity index (χ2n) is 7.74. The van der Waals surface area contributed by atoms with Gasteiger partial charge in [0.05, 0.1) is 16.7 Å². The van der Waals surface area contributed by atoms with Crippen molar-refractivity contribution in [3.63, 3.8) is 0 Å². The summed E-state index contributed by atoms with van der Waals surface area (Å²) in [7, 11) is 0. The molecule has 1 aromatic carbocycles. The van der Waals surface area contributed by atoms with E-state index in [1.54, 1.807) is 16.8 Å². The Hall–Kier alpha value is -2.23. The highest BCUT2D eigenvalue weighted by Crippen LogP contribution is 2.28. The van der Waals surface area contributed by atoms with Crippen molar-refractivity contribution in [1.29, 1.82) is 0 Å². The van der Waals surface area contributed by atoms with Crippen LogP contribution in [0.1, 0.15) is 29.9 Å². The fraction of sp³-hybridized carbons (Fsp3) is 0.409. The van der Waals surface area contributed by atoms with Crippen LogP contribution in [0.2, 0.25) is 0 Å². The van der Waals surface area contributed by atoms with Crippen LogP contribution in [-0.4, -0.2) is 62.4 Å². The van der Waals surface area contributed by atoms with E-state index in [1.807, 2.05) is 34.2 Å². The number of thiophene rings is 1. The molecule has 2 aliphatic rings. The summed E-state index contributed by atoms with van der Waals surface area (Å²) >= 11 is 3.37. The number of ether oxygens (including phenoxy) is 1. The monoisotopic (exact) mass is 458 g/mol. The van der Waals surface area contributed by atoms with Crippen molar-refractivity contribution in [3.8, 4) is 16.4 Å². The molecule has 0 bridgehead atoms. The van der Waals surface area contributed by atoms with Gasteiger partial charge < -0.3 is 9.64 Å². The van der Waals surface area contributed by atoms with Crippen molar-refractivity contribution in [3.05, 3.63) is 53.4 Å². The third-order valence-corrected chi connectivity index (χ3v) is 7.64. The molecular formula is C22H23FN4O2S2. The van der Waals surface area contributed by atoms with E-state index in [0.717, 1.165) is 42.3 Å². The molecule has 0 N–H and O–H groups in total. The molecule has 9 heteroatoms. The fourth-order valence-electron chi connectivity index (χ4n) is 4.06. The Bertz CT molecular complexity index is 1040. The number of nitrogens with zero attached hydrogens (tertiary/aromatic N) is 4. The number of rotatable bonds is 6. The molecule has 2 unspecified atom stereocenters. The van der Waals surface area contributed by atoms with E-state index in [-0.39, 0.29) is 29.7 Å². The lowest BCUT2D eigenvalue weighted by Gasteiger charge is -2.29. The highest BCUT2D eigenvalue weighted by molar-refractivity contribution is 7.99. The van der Waals surface area contributed by atoms with Crippen molar-refractivity contribution in [2.45, 2.75) is 31.4 Å². The first kappa shape index (κ1) is 20.7. The molecule has 6 nitrogen and oxygen atoms in total. The summed E-state index contributed by atoms with van der Waals surface area (Å²) in [5.74, 6) is 2.10. The Morgan fingerprint density at radius 3 is 2.94 bits per heavy atom. The standard InChI is InChI=1S/C22H23FN4O2S2/c23-15-4-1-5-16(12-15)27-21(19-7-3-10-31-19)24-20(25-27)22(28)26(17-8-11-30-14-17)13-18-6-2-9-29-18/h1,3-5,7,10,12,17-18H,2,6,8-9,11,13-14H2. The Balaban J connectivity index is 1.51. The van der Waals surface area contributed by atoms with Crippen LogP contribution >= 0.6 is 23.1 Å². The number of carbonyl (C=O) groups excluding carboxylic acids is 1. The van der Waals surface area contributed by atoms with Crippen LogP contribution in [0.5, 0.6) is 0 Å². The van der Waals surface area contributed by atoms with Gasteiger partial charge in [0.25, 0.3) is 5.91 Å². The van der Waals surface area contributed by atoms with Crippen molar-refractivity contribution >= 4 is 29.0 Å². The summed E-state index contributed by atoms with van der Waals surface area (Å²) in [5, 5.41) is 6.50. The Kier molecular flexibility index (Phi) is 6.06. The minimum absolute atomic E-state index is 0.0663. The second-order valence-corrected chi connectivity index (χ2v) is 9.84. The van der Waals surface area contributed by atoms with Crippen LogP contribution in [0.25, 0.3) is 16.4 Å². The summed E-state index contributed by atoms with van der Waals surface area (Å²) < 4.78 is 21.3. The van der Waals surface area contributed by atoms with E-state index >= 15 is 0 Å².